The molecule has 0 saturated carbocycles. The lowest BCUT2D eigenvalue weighted by Gasteiger charge is -2.20. The van der Waals surface area contributed by atoms with Crippen LogP contribution in [-0.2, 0) is 0 Å². The van der Waals surface area contributed by atoms with Crippen LogP contribution in [0.25, 0.3) is 65.3 Å². The summed E-state index contributed by atoms with van der Waals surface area (Å²) in [6.45, 7) is 12.2. The standard InChI is InChI=1S/C78H108I2O4/c1-5-9-13-17-21-25-27-31-33-37-53-81-63-45-41-61(42-46-63)75-71-57-65(83-55-39-35-29-23-19-15-11-7-3)49-51-67(71)69-60-74-70(59-73(69)77(75)79)68-52-50-66(84-56-40-36-30-24-20-16-12-8-4)58-72(68)76(78(74)80)62-43-47-64(48-44-62)82-54-38-34-32-28-26-22-18-14-10-6-2/h41-52,57-60H,5-40,53-56H2,1-4H3. The molecule has 0 amide bonds. The molecule has 0 spiro atoms. The normalized spacial score (nSPS) is 11.7. The molecule has 7 aromatic rings. The van der Waals surface area contributed by atoms with Gasteiger partial charge in [0, 0.05) is 18.3 Å². The van der Waals surface area contributed by atoms with Crippen molar-refractivity contribution in [1.29, 1.82) is 0 Å². The van der Waals surface area contributed by atoms with E-state index in [9.17, 15) is 0 Å². The maximum atomic E-state index is 6.62. The highest BCUT2D eigenvalue weighted by molar-refractivity contribution is 14.1. The van der Waals surface area contributed by atoms with E-state index in [4.69, 9.17) is 18.9 Å². The van der Waals surface area contributed by atoms with Crippen molar-refractivity contribution in [3.8, 4) is 45.3 Å². The van der Waals surface area contributed by atoms with E-state index < -0.39 is 0 Å². The van der Waals surface area contributed by atoms with Crippen molar-refractivity contribution in [1.82, 2.24) is 0 Å². The molecule has 4 nitrogen and oxygen atoms in total. The minimum Gasteiger partial charge on any atom is -0.494 e. The molecule has 7 rings (SSSR count). The summed E-state index contributed by atoms with van der Waals surface area (Å²) in [5.41, 5.74) is 4.89. The second-order valence-corrected chi connectivity index (χ2v) is 26.6. The van der Waals surface area contributed by atoms with E-state index in [0.29, 0.717) is 0 Å². The summed E-state index contributed by atoms with van der Waals surface area (Å²) in [5.74, 6) is 3.77. The van der Waals surface area contributed by atoms with Crippen LogP contribution in [0, 0.1) is 7.14 Å². The Kier molecular flexibility index (Phi) is 32.2. The quantitative estimate of drug-likeness (QED) is 0.0165. The van der Waals surface area contributed by atoms with Gasteiger partial charge in [0.15, 0.2) is 0 Å². The van der Waals surface area contributed by atoms with E-state index in [0.717, 1.165) is 75.1 Å². The lowest BCUT2D eigenvalue weighted by Crippen LogP contribution is -1.99. The van der Waals surface area contributed by atoms with Gasteiger partial charge in [-0.05, 0) is 186 Å². The average molecular weight is 1360 g/mol. The monoisotopic (exact) mass is 1360 g/mol. The fraction of sp³-hybridized carbons (Fsp3) is 0.564. The highest BCUT2D eigenvalue weighted by Gasteiger charge is 2.21. The number of halogens is 2. The zero-order valence-electron chi connectivity index (χ0n) is 52.9. The van der Waals surface area contributed by atoms with Gasteiger partial charge in [-0.2, -0.15) is 0 Å². The predicted octanol–water partition coefficient (Wildman–Crippen LogP) is 26.5. The molecule has 6 heteroatoms. The molecular formula is C78H108I2O4. The summed E-state index contributed by atoms with van der Waals surface area (Å²) in [4.78, 5) is 0. The molecule has 0 heterocycles. The van der Waals surface area contributed by atoms with Gasteiger partial charge in [-0.3, -0.25) is 0 Å². The second-order valence-electron chi connectivity index (χ2n) is 24.5. The Morgan fingerprint density at radius 1 is 0.226 bits per heavy atom. The van der Waals surface area contributed by atoms with Crippen LogP contribution >= 0.6 is 45.2 Å². The molecule has 0 fully saturated rings. The van der Waals surface area contributed by atoms with Crippen molar-refractivity contribution >= 4 is 88.3 Å². The van der Waals surface area contributed by atoms with E-state index in [1.54, 1.807) is 0 Å². The van der Waals surface area contributed by atoms with Gasteiger partial charge in [-0.1, -0.05) is 270 Å². The highest BCUT2D eigenvalue weighted by Crippen LogP contribution is 2.47. The molecule has 0 aliphatic heterocycles. The first-order valence-corrected chi connectivity index (χ1v) is 36.6. The number of rotatable bonds is 46. The van der Waals surface area contributed by atoms with Gasteiger partial charge in [0.1, 0.15) is 23.0 Å². The summed E-state index contributed by atoms with van der Waals surface area (Å²) in [5, 5.41) is 10.00. The van der Waals surface area contributed by atoms with Gasteiger partial charge in [0.2, 0.25) is 0 Å². The van der Waals surface area contributed by atoms with Gasteiger partial charge in [-0.25, -0.2) is 0 Å². The Balaban J connectivity index is 1.17. The molecule has 7 aromatic carbocycles. The number of fused-ring (bicyclic) bond motifs is 6. The fourth-order valence-corrected chi connectivity index (χ4v) is 14.5. The third-order valence-electron chi connectivity index (χ3n) is 17.5. The molecule has 0 aliphatic rings. The van der Waals surface area contributed by atoms with E-state index >= 15 is 0 Å². The number of unbranched alkanes of at least 4 members (excludes halogenated alkanes) is 32. The lowest BCUT2D eigenvalue weighted by molar-refractivity contribution is 0.304. The van der Waals surface area contributed by atoms with Crippen LogP contribution in [0.4, 0.5) is 0 Å². The molecule has 0 bridgehead atoms. The Morgan fingerprint density at radius 3 is 0.738 bits per heavy atom. The molecule has 458 valence electrons. The fourth-order valence-electron chi connectivity index (χ4n) is 12.4. The maximum Gasteiger partial charge on any atom is 0.119 e. The van der Waals surface area contributed by atoms with E-state index in [2.05, 4.69) is 170 Å². The summed E-state index contributed by atoms with van der Waals surface area (Å²) in [6.07, 6.45) is 47.0. The van der Waals surface area contributed by atoms with Crippen molar-refractivity contribution in [2.24, 2.45) is 0 Å². The summed E-state index contributed by atoms with van der Waals surface area (Å²) >= 11 is 5.31. The van der Waals surface area contributed by atoms with Gasteiger partial charge in [0.25, 0.3) is 0 Å². The smallest absolute Gasteiger partial charge is 0.119 e. The molecule has 0 unspecified atom stereocenters. The van der Waals surface area contributed by atoms with Crippen molar-refractivity contribution in [3.05, 3.63) is 104 Å². The highest BCUT2D eigenvalue weighted by atomic mass is 127. The molecule has 0 aliphatic carbocycles. The predicted molar refractivity (Wildman–Crippen MR) is 384 cm³/mol. The van der Waals surface area contributed by atoms with E-state index in [-0.39, 0.29) is 0 Å². The SMILES string of the molecule is CCCCCCCCCCCCOc1ccc(-c2c(I)c3cc4c(cc3c3ccc(OCCCCCCCCCC)cc23)c(I)c(-c2ccc(OCCCCCCCCCCCC)cc2)c2cc(OCCCCCCCCCC)ccc24)cc1. The zero-order valence-corrected chi connectivity index (χ0v) is 57.2. The topological polar surface area (TPSA) is 36.9 Å². The van der Waals surface area contributed by atoms with Crippen molar-refractivity contribution < 1.29 is 18.9 Å². The van der Waals surface area contributed by atoms with Gasteiger partial charge < -0.3 is 18.9 Å². The summed E-state index contributed by atoms with van der Waals surface area (Å²) in [7, 11) is 0. The van der Waals surface area contributed by atoms with Gasteiger partial charge >= 0.3 is 0 Å². The maximum absolute atomic E-state index is 6.62. The molecule has 0 N–H and O–H groups in total. The van der Waals surface area contributed by atoms with Crippen LogP contribution in [0.3, 0.4) is 0 Å². The number of benzene rings is 7. The molecular weight excluding hydrogens is 1250 g/mol. The van der Waals surface area contributed by atoms with Crippen LogP contribution in [0.15, 0.2) is 97.1 Å². The Morgan fingerprint density at radius 2 is 0.464 bits per heavy atom. The van der Waals surface area contributed by atoms with Crippen molar-refractivity contribution in [2.45, 2.75) is 259 Å². The van der Waals surface area contributed by atoms with Crippen LogP contribution in [0.1, 0.15) is 259 Å². The van der Waals surface area contributed by atoms with Crippen LogP contribution < -0.4 is 18.9 Å². The van der Waals surface area contributed by atoms with Crippen LogP contribution in [0.5, 0.6) is 23.0 Å². The van der Waals surface area contributed by atoms with Crippen molar-refractivity contribution in [2.75, 3.05) is 26.4 Å². The second kappa shape index (κ2) is 39.9. The largest absolute Gasteiger partial charge is 0.494 e. The molecule has 0 atom stereocenters. The minimum atomic E-state index is 0.739. The zero-order chi connectivity index (χ0) is 58.8. The third kappa shape index (κ3) is 21.8. The first kappa shape index (κ1) is 67.7. The summed E-state index contributed by atoms with van der Waals surface area (Å²) in [6, 6.07) is 36.6. The Hall–Kier alpha value is -3.76. The van der Waals surface area contributed by atoms with Crippen molar-refractivity contribution in [3.63, 3.8) is 0 Å². The van der Waals surface area contributed by atoms with E-state index in [1.807, 2.05) is 0 Å². The van der Waals surface area contributed by atoms with Crippen LogP contribution in [0.2, 0.25) is 0 Å². The first-order valence-electron chi connectivity index (χ1n) is 34.5. The molecule has 0 aromatic heterocycles. The van der Waals surface area contributed by atoms with Crippen LogP contribution in [-0.4, -0.2) is 26.4 Å². The molecule has 0 saturated heterocycles. The summed E-state index contributed by atoms with van der Waals surface area (Å²) < 4.78 is 28.5. The van der Waals surface area contributed by atoms with E-state index in [1.165, 1.54) is 278 Å². The Labute approximate surface area is 537 Å². The number of hydrogen-bond acceptors (Lipinski definition) is 4. The molecule has 0 radical (unpaired) electrons. The number of ether oxygens (including phenoxy) is 4. The first-order chi connectivity index (χ1) is 41.4. The number of hydrogen-bond donors (Lipinski definition) is 0. The van der Waals surface area contributed by atoms with Gasteiger partial charge in [0.05, 0.1) is 26.4 Å². The van der Waals surface area contributed by atoms with Gasteiger partial charge in [-0.15, -0.1) is 0 Å². The Bertz CT molecular complexity index is 2740. The molecule has 84 heavy (non-hydrogen) atoms. The lowest BCUT2D eigenvalue weighted by atomic mass is 9.88. The average Bonchev–Trinajstić information content (AvgIpc) is 1.02. The minimum absolute atomic E-state index is 0.739. The third-order valence-corrected chi connectivity index (χ3v) is 19.8.